The Labute approximate surface area is 165 Å². The molecule has 6 nitrogen and oxygen atoms in total. The standard InChI is InChI=1S/C21H18N4O2S/c1-13-20-18(14-4-7-22-8-5-14)19(23-25(20)10-9-24(13)21(26)27)16-2-3-17-15(12-16)6-11-28-17/h2-8,11-13H,9-10H2,1H3,(H,26,27). The van der Waals surface area contributed by atoms with E-state index < -0.39 is 6.09 Å². The third kappa shape index (κ3) is 2.58. The molecule has 0 saturated carbocycles. The number of hydrogen-bond acceptors (Lipinski definition) is 4. The van der Waals surface area contributed by atoms with Crippen molar-refractivity contribution in [1.29, 1.82) is 0 Å². The third-order valence-corrected chi connectivity index (χ3v) is 6.25. The van der Waals surface area contributed by atoms with Crippen molar-refractivity contribution in [3.63, 3.8) is 0 Å². The van der Waals surface area contributed by atoms with Gasteiger partial charge in [-0.25, -0.2) is 4.79 Å². The second kappa shape index (κ2) is 6.45. The number of rotatable bonds is 2. The van der Waals surface area contributed by atoms with Crippen molar-refractivity contribution in [3.05, 3.63) is 59.9 Å². The van der Waals surface area contributed by atoms with Crippen LogP contribution in [0.1, 0.15) is 18.7 Å². The Hall–Kier alpha value is -3.19. The largest absolute Gasteiger partial charge is 0.465 e. The van der Waals surface area contributed by atoms with Gasteiger partial charge in [0, 0.05) is 34.8 Å². The van der Waals surface area contributed by atoms with Gasteiger partial charge in [-0.1, -0.05) is 6.07 Å². The van der Waals surface area contributed by atoms with Crippen LogP contribution in [0.25, 0.3) is 32.5 Å². The summed E-state index contributed by atoms with van der Waals surface area (Å²) in [5.74, 6) is 0. The zero-order chi connectivity index (χ0) is 19.3. The van der Waals surface area contributed by atoms with Crippen molar-refractivity contribution >= 4 is 27.5 Å². The van der Waals surface area contributed by atoms with Crippen LogP contribution in [0.2, 0.25) is 0 Å². The highest BCUT2D eigenvalue weighted by Crippen LogP contribution is 2.41. The summed E-state index contributed by atoms with van der Waals surface area (Å²) in [7, 11) is 0. The molecular weight excluding hydrogens is 372 g/mol. The molecule has 1 aliphatic rings. The van der Waals surface area contributed by atoms with Crippen LogP contribution in [0.15, 0.2) is 54.2 Å². The Kier molecular flexibility index (Phi) is 3.91. The van der Waals surface area contributed by atoms with Crippen LogP contribution < -0.4 is 0 Å². The van der Waals surface area contributed by atoms with Gasteiger partial charge in [-0.15, -0.1) is 11.3 Å². The molecule has 5 rings (SSSR count). The number of aromatic nitrogens is 3. The number of fused-ring (bicyclic) bond motifs is 2. The minimum atomic E-state index is -0.901. The van der Waals surface area contributed by atoms with Gasteiger partial charge in [0.2, 0.25) is 0 Å². The Morgan fingerprint density at radius 1 is 1.14 bits per heavy atom. The van der Waals surface area contributed by atoms with Gasteiger partial charge in [-0.05, 0) is 53.6 Å². The van der Waals surface area contributed by atoms with Crippen molar-refractivity contribution in [1.82, 2.24) is 19.7 Å². The molecule has 1 atom stereocenters. The number of amides is 1. The number of benzene rings is 1. The normalized spacial score (nSPS) is 16.3. The molecular formula is C21H18N4O2S. The predicted molar refractivity (Wildman–Crippen MR) is 109 cm³/mol. The van der Waals surface area contributed by atoms with Gasteiger partial charge in [0.25, 0.3) is 0 Å². The average molecular weight is 390 g/mol. The highest BCUT2D eigenvalue weighted by molar-refractivity contribution is 7.17. The molecule has 1 N–H and O–H groups in total. The van der Waals surface area contributed by atoms with Gasteiger partial charge in [0.1, 0.15) is 5.69 Å². The lowest BCUT2D eigenvalue weighted by atomic mass is 9.95. The molecule has 3 aromatic heterocycles. The second-order valence-electron chi connectivity index (χ2n) is 6.89. The Balaban J connectivity index is 1.76. The smallest absolute Gasteiger partial charge is 0.407 e. The first-order valence-electron chi connectivity index (χ1n) is 9.12. The van der Waals surface area contributed by atoms with Crippen LogP contribution in [0.3, 0.4) is 0 Å². The molecule has 0 spiro atoms. The molecule has 4 aromatic rings. The van der Waals surface area contributed by atoms with Gasteiger partial charge in [-0.2, -0.15) is 5.10 Å². The van der Waals surface area contributed by atoms with E-state index in [1.165, 1.54) is 15.0 Å². The second-order valence-corrected chi connectivity index (χ2v) is 7.84. The van der Waals surface area contributed by atoms with E-state index >= 15 is 0 Å². The van der Waals surface area contributed by atoms with Crippen LogP contribution in [-0.4, -0.2) is 37.4 Å². The van der Waals surface area contributed by atoms with E-state index in [2.05, 4.69) is 34.6 Å². The van der Waals surface area contributed by atoms with Crippen molar-refractivity contribution in [2.75, 3.05) is 6.54 Å². The van der Waals surface area contributed by atoms with Crippen molar-refractivity contribution < 1.29 is 9.90 Å². The predicted octanol–water partition coefficient (Wildman–Crippen LogP) is 4.88. The first kappa shape index (κ1) is 16.9. The molecule has 140 valence electrons. The maximum absolute atomic E-state index is 11.7. The Morgan fingerprint density at radius 3 is 2.75 bits per heavy atom. The molecule has 0 aliphatic carbocycles. The third-order valence-electron chi connectivity index (χ3n) is 5.35. The number of pyridine rings is 1. The highest BCUT2D eigenvalue weighted by atomic mass is 32.1. The fraction of sp³-hybridized carbons (Fsp3) is 0.190. The van der Waals surface area contributed by atoms with Gasteiger partial charge >= 0.3 is 6.09 Å². The molecule has 4 heterocycles. The minimum Gasteiger partial charge on any atom is -0.465 e. The van der Waals surface area contributed by atoms with E-state index in [1.54, 1.807) is 23.7 Å². The lowest BCUT2D eigenvalue weighted by Crippen LogP contribution is -2.40. The fourth-order valence-corrected chi connectivity index (χ4v) is 4.77. The van der Waals surface area contributed by atoms with Gasteiger partial charge in [0.05, 0.1) is 18.3 Å². The van der Waals surface area contributed by atoms with Crippen LogP contribution in [-0.2, 0) is 6.54 Å². The number of thiophene rings is 1. The zero-order valence-electron chi connectivity index (χ0n) is 15.2. The zero-order valence-corrected chi connectivity index (χ0v) is 16.1. The lowest BCUT2D eigenvalue weighted by Gasteiger charge is -2.32. The van der Waals surface area contributed by atoms with E-state index in [0.29, 0.717) is 13.1 Å². The lowest BCUT2D eigenvalue weighted by molar-refractivity contribution is 0.113. The van der Waals surface area contributed by atoms with Crippen LogP contribution in [0.4, 0.5) is 4.79 Å². The maximum atomic E-state index is 11.7. The topological polar surface area (TPSA) is 71.2 Å². The number of carbonyl (C=O) groups is 1. The summed E-state index contributed by atoms with van der Waals surface area (Å²) in [6.07, 6.45) is 2.61. The van der Waals surface area contributed by atoms with Gasteiger partial charge in [-0.3, -0.25) is 14.6 Å². The molecule has 1 aliphatic heterocycles. The molecule has 1 amide bonds. The Morgan fingerprint density at radius 2 is 1.96 bits per heavy atom. The van der Waals surface area contributed by atoms with E-state index in [1.807, 2.05) is 23.7 Å². The van der Waals surface area contributed by atoms with E-state index in [0.717, 1.165) is 28.1 Å². The molecule has 28 heavy (non-hydrogen) atoms. The summed E-state index contributed by atoms with van der Waals surface area (Å²) >= 11 is 1.72. The summed E-state index contributed by atoms with van der Waals surface area (Å²) in [6.45, 7) is 2.91. The molecule has 7 heteroatoms. The van der Waals surface area contributed by atoms with Crippen LogP contribution >= 0.6 is 11.3 Å². The van der Waals surface area contributed by atoms with Gasteiger partial charge in [0.15, 0.2) is 0 Å². The minimum absolute atomic E-state index is 0.277. The highest BCUT2D eigenvalue weighted by Gasteiger charge is 2.33. The van der Waals surface area contributed by atoms with Crippen molar-refractivity contribution in [2.45, 2.75) is 19.5 Å². The monoisotopic (exact) mass is 390 g/mol. The van der Waals surface area contributed by atoms with E-state index in [9.17, 15) is 9.90 Å². The SMILES string of the molecule is CC1c2c(-c3ccncc3)c(-c3ccc4sccc4c3)nn2CCN1C(=O)O. The first-order chi connectivity index (χ1) is 13.6. The fourth-order valence-electron chi connectivity index (χ4n) is 3.99. The van der Waals surface area contributed by atoms with Crippen molar-refractivity contribution in [2.24, 2.45) is 0 Å². The summed E-state index contributed by atoms with van der Waals surface area (Å²) in [5.41, 5.74) is 4.83. The molecule has 0 bridgehead atoms. The van der Waals surface area contributed by atoms with Crippen LogP contribution in [0.5, 0.6) is 0 Å². The molecule has 1 aromatic carbocycles. The molecule has 0 radical (unpaired) electrons. The molecule has 0 saturated heterocycles. The summed E-state index contributed by atoms with van der Waals surface area (Å²) < 4.78 is 3.20. The summed E-state index contributed by atoms with van der Waals surface area (Å²) in [4.78, 5) is 17.3. The van der Waals surface area contributed by atoms with Crippen molar-refractivity contribution in [3.8, 4) is 22.4 Å². The average Bonchev–Trinajstić information content (AvgIpc) is 3.32. The van der Waals surface area contributed by atoms with Crippen LogP contribution in [0, 0.1) is 0 Å². The quantitative estimate of drug-likeness (QED) is 0.529. The Bertz CT molecular complexity index is 1180. The first-order valence-corrected chi connectivity index (χ1v) is 10.00. The maximum Gasteiger partial charge on any atom is 0.407 e. The molecule has 0 fully saturated rings. The van der Waals surface area contributed by atoms with E-state index in [4.69, 9.17) is 5.10 Å². The summed E-state index contributed by atoms with van der Waals surface area (Å²) in [6, 6.07) is 12.1. The summed E-state index contributed by atoms with van der Waals surface area (Å²) in [5, 5.41) is 17.8. The number of nitrogens with zero attached hydrogens (tertiary/aromatic N) is 4. The van der Waals surface area contributed by atoms with Gasteiger partial charge < -0.3 is 5.11 Å². The number of carboxylic acid groups (broad SMARTS) is 1. The molecule has 1 unspecified atom stereocenters. The number of hydrogen-bond donors (Lipinski definition) is 1. The van der Waals surface area contributed by atoms with E-state index in [-0.39, 0.29) is 6.04 Å².